The Balaban J connectivity index is 2.16. The van der Waals surface area contributed by atoms with E-state index >= 15 is 0 Å². The first-order chi connectivity index (χ1) is 8.11. The van der Waals surface area contributed by atoms with Crippen LogP contribution in [0.25, 0.3) is 0 Å². The number of hydrogen-bond acceptors (Lipinski definition) is 4. The van der Waals surface area contributed by atoms with Crippen molar-refractivity contribution in [2.45, 2.75) is 25.9 Å². The van der Waals surface area contributed by atoms with Crippen LogP contribution in [0.1, 0.15) is 13.8 Å². The number of rotatable bonds is 2. The van der Waals surface area contributed by atoms with Crippen molar-refractivity contribution in [3.8, 4) is 0 Å². The monoisotopic (exact) mass is 234 g/mol. The average Bonchev–Trinajstić information content (AvgIpc) is 2.35. The Labute approximate surface area is 104 Å². The molecular weight excluding hydrogens is 212 g/mol. The highest BCUT2D eigenvalue weighted by atomic mass is 15.3. The predicted molar refractivity (Wildman–Crippen MR) is 72.7 cm³/mol. The second-order valence-electron chi connectivity index (χ2n) is 4.92. The summed E-state index contributed by atoms with van der Waals surface area (Å²) >= 11 is 0. The van der Waals surface area contributed by atoms with Crippen LogP contribution in [-0.4, -0.2) is 49.2 Å². The van der Waals surface area contributed by atoms with Gasteiger partial charge in [0.1, 0.15) is 5.82 Å². The highest BCUT2D eigenvalue weighted by Gasteiger charge is 2.26. The van der Waals surface area contributed by atoms with Gasteiger partial charge in [0.2, 0.25) is 0 Å². The summed E-state index contributed by atoms with van der Waals surface area (Å²) in [6.07, 6.45) is 1.87. The zero-order valence-electron chi connectivity index (χ0n) is 11.1. The second kappa shape index (κ2) is 4.92. The Morgan fingerprint density at radius 1 is 1.29 bits per heavy atom. The molecule has 1 aromatic rings. The van der Waals surface area contributed by atoms with Crippen LogP contribution in [0.4, 0.5) is 11.5 Å². The maximum atomic E-state index is 4.26. The van der Waals surface area contributed by atoms with Gasteiger partial charge in [0, 0.05) is 50.2 Å². The quantitative estimate of drug-likeness (QED) is 0.843. The largest absolute Gasteiger partial charge is 0.373 e. The molecule has 0 aliphatic carbocycles. The molecule has 2 unspecified atom stereocenters. The summed E-state index contributed by atoms with van der Waals surface area (Å²) in [6.45, 7) is 6.72. The van der Waals surface area contributed by atoms with E-state index in [0.29, 0.717) is 12.1 Å². The first-order valence-corrected chi connectivity index (χ1v) is 6.22. The number of hydrogen-bond donors (Lipinski definition) is 1. The summed E-state index contributed by atoms with van der Waals surface area (Å²) in [5.74, 6) is 0.932. The SMILES string of the molecule is CNc1cc(N2CC(C)N(C)C(C)C2)ccn1. The number of nitrogens with one attached hydrogen (secondary N) is 1. The molecule has 94 valence electrons. The summed E-state index contributed by atoms with van der Waals surface area (Å²) in [6, 6.07) is 5.38. The zero-order valence-corrected chi connectivity index (χ0v) is 11.1. The molecule has 1 fully saturated rings. The van der Waals surface area contributed by atoms with Crippen molar-refractivity contribution in [1.29, 1.82) is 0 Å². The lowest BCUT2D eigenvalue weighted by Crippen LogP contribution is -2.55. The van der Waals surface area contributed by atoms with Crippen molar-refractivity contribution in [2.24, 2.45) is 0 Å². The van der Waals surface area contributed by atoms with Crippen LogP contribution in [0.3, 0.4) is 0 Å². The third-order valence-corrected chi connectivity index (χ3v) is 3.72. The Kier molecular flexibility index (Phi) is 3.52. The molecule has 1 aliphatic heterocycles. The first kappa shape index (κ1) is 12.2. The van der Waals surface area contributed by atoms with Gasteiger partial charge in [0.15, 0.2) is 0 Å². The fourth-order valence-electron chi connectivity index (χ4n) is 2.37. The third kappa shape index (κ3) is 2.52. The predicted octanol–water partition coefficient (Wildman–Crippen LogP) is 1.65. The highest BCUT2D eigenvalue weighted by Crippen LogP contribution is 2.22. The van der Waals surface area contributed by atoms with Crippen LogP contribution in [-0.2, 0) is 0 Å². The molecule has 0 bridgehead atoms. The first-order valence-electron chi connectivity index (χ1n) is 6.22. The molecule has 4 heteroatoms. The standard InChI is InChI=1S/C13H22N4/c1-10-8-17(9-11(2)16(10)4)12-5-6-15-13(7-12)14-3/h5-7,10-11H,8-9H2,1-4H3,(H,14,15). The Bertz CT molecular complexity index is 367. The number of anilines is 2. The number of nitrogens with zero attached hydrogens (tertiary/aromatic N) is 3. The summed E-state index contributed by atoms with van der Waals surface area (Å²) in [4.78, 5) is 9.14. The Hall–Kier alpha value is -1.29. The van der Waals surface area contributed by atoms with Gasteiger partial charge in [-0.1, -0.05) is 0 Å². The van der Waals surface area contributed by atoms with Gasteiger partial charge in [-0.05, 0) is 27.0 Å². The van der Waals surface area contributed by atoms with E-state index in [1.165, 1.54) is 5.69 Å². The molecule has 1 saturated heterocycles. The summed E-state index contributed by atoms with van der Waals surface area (Å²) in [5, 5.41) is 3.09. The minimum atomic E-state index is 0.588. The number of likely N-dealkylation sites (N-methyl/N-ethyl adjacent to an activating group) is 1. The Morgan fingerprint density at radius 2 is 1.94 bits per heavy atom. The molecule has 2 heterocycles. The second-order valence-corrected chi connectivity index (χ2v) is 4.92. The van der Waals surface area contributed by atoms with Crippen LogP contribution < -0.4 is 10.2 Å². The minimum absolute atomic E-state index is 0.588. The van der Waals surface area contributed by atoms with Gasteiger partial charge in [0.05, 0.1) is 0 Å². The molecule has 0 amide bonds. The maximum Gasteiger partial charge on any atom is 0.127 e. The van der Waals surface area contributed by atoms with E-state index in [4.69, 9.17) is 0 Å². The van der Waals surface area contributed by atoms with Gasteiger partial charge >= 0.3 is 0 Å². The minimum Gasteiger partial charge on any atom is -0.373 e. The van der Waals surface area contributed by atoms with Gasteiger partial charge in [-0.25, -0.2) is 4.98 Å². The lowest BCUT2D eigenvalue weighted by atomic mass is 10.1. The van der Waals surface area contributed by atoms with Crippen LogP contribution >= 0.6 is 0 Å². The molecule has 2 atom stereocenters. The fourth-order valence-corrected chi connectivity index (χ4v) is 2.37. The van der Waals surface area contributed by atoms with Crippen LogP contribution in [0, 0.1) is 0 Å². The van der Waals surface area contributed by atoms with Crippen molar-refractivity contribution in [3.63, 3.8) is 0 Å². The maximum absolute atomic E-state index is 4.26. The molecule has 0 spiro atoms. The molecule has 2 rings (SSSR count). The van der Waals surface area contributed by atoms with E-state index in [1.807, 2.05) is 13.2 Å². The molecule has 1 aliphatic rings. The number of aromatic nitrogens is 1. The summed E-state index contributed by atoms with van der Waals surface area (Å²) in [7, 11) is 4.11. The van der Waals surface area contributed by atoms with Gasteiger partial charge < -0.3 is 10.2 Å². The molecular formula is C13H22N4. The molecule has 1 N–H and O–H groups in total. The third-order valence-electron chi connectivity index (χ3n) is 3.72. The van der Waals surface area contributed by atoms with Gasteiger partial charge in [-0.15, -0.1) is 0 Å². The number of piperazine rings is 1. The highest BCUT2D eigenvalue weighted by molar-refractivity contribution is 5.54. The molecule has 17 heavy (non-hydrogen) atoms. The van der Waals surface area contributed by atoms with Gasteiger partial charge in [-0.2, -0.15) is 0 Å². The van der Waals surface area contributed by atoms with Crippen LogP contribution in [0.2, 0.25) is 0 Å². The van der Waals surface area contributed by atoms with Crippen molar-refractivity contribution in [3.05, 3.63) is 18.3 Å². The molecule has 0 radical (unpaired) electrons. The van der Waals surface area contributed by atoms with E-state index in [0.717, 1.165) is 18.9 Å². The van der Waals surface area contributed by atoms with E-state index in [-0.39, 0.29) is 0 Å². The molecule has 1 aromatic heterocycles. The normalized spacial score (nSPS) is 26.0. The van der Waals surface area contributed by atoms with Crippen molar-refractivity contribution in [2.75, 3.05) is 37.4 Å². The van der Waals surface area contributed by atoms with E-state index in [9.17, 15) is 0 Å². The average molecular weight is 234 g/mol. The zero-order chi connectivity index (χ0) is 12.4. The Morgan fingerprint density at radius 3 is 2.53 bits per heavy atom. The lowest BCUT2D eigenvalue weighted by molar-refractivity contribution is 0.170. The van der Waals surface area contributed by atoms with Crippen LogP contribution in [0.15, 0.2) is 18.3 Å². The number of pyridine rings is 1. The summed E-state index contributed by atoms with van der Waals surface area (Å²) in [5.41, 5.74) is 1.26. The van der Waals surface area contributed by atoms with E-state index in [1.54, 1.807) is 0 Å². The van der Waals surface area contributed by atoms with Crippen LogP contribution in [0.5, 0.6) is 0 Å². The van der Waals surface area contributed by atoms with Crippen molar-refractivity contribution < 1.29 is 0 Å². The lowest BCUT2D eigenvalue weighted by Gasteiger charge is -2.43. The van der Waals surface area contributed by atoms with E-state index in [2.05, 4.69) is 53.1 Å². The van der Waals surface area contributed by atoms with Crippen molar-refractivity contribution in [1.82, 2.24) is 9.88 Å². The molecule has 0 aromatic carbocycles. The molecule has 0 saturated carbocycles. The topological polar surface area (TPSA) is 31.4 Å². The fraction of sp³-hybridized carbons (Fsp3) is 0.615. The summed E-state index contributed by atoms with van der Waals surface area (Å²) < 4.78 is 0. The van der Waals surface area contributed by atoms with Gasteiger partial charge in [-0.3, -0.25) is 4.90 Å². The van der Waals surface area contributed by atoms with E-state index < -0.39 is 0 Å². The molecule has 4 nitrogen and oxygen atoms in total. The smallest absolute Gasteiger partial charge is 0.127 e. The van der Waals surface area contributed by atoms with Crippen molar-refractivity contribution >= 4 is 11.5 Å². The van der Waals surface area contributed by atoms with Gasteiger partial charge in [0.25, 0.3) is 0 Å².